The lowest BCUT2D eigenvalue weighted by Gasteiger charge is -2.30. The smallest absolute Gasteiger partial charge is 0.144 e. The predicted molar refractivity (Wildman–Crippen MR) is 166 cm³/mol. The molecule has 3 heterocycles. The van der Waals surface area contributed by atoms with Crippen molar-refractivity contribution in [2.45, 2.75) is 39.3 Å². The third-order valence-corrected chi connectivity index (χ3v) is 22.3. The molecule has 0 radical (unpaired) electrons. The molecule has 0 aliphatic carbocycles. The van der Waals surface area contributed by atoms with Crippen LogP contribution in [0.5, 0.6) is 0 Å². The Morgan fingerprint density at radius 3 is 1.21 bits per heavy atom. The number of fused-ring (bicyclic) bond motifs is 3. The van der Waals surface area contributed by atoms with Crippen molar-refractivity contribution in [2.75, 3.05) is 0 Å². The van der Waals surface area contributed by atoms with Gasteiger partial charge in [-0.2, -0.15) is 0 Å². The van der Waals surface area contributed by atoms with Gasteiger partial charge in [0.1, 0.15) is 0 Å². The van der Waals surface area contributed by atoms with Gasteiger partial charge >= 0.3 is 0 Å². The molecule has 7 heteroatoms. The maximum Gasteiger partial charge on any atom is 0.182 e. The highest BCUT2D eigenvalue weighted by atomic mass is 79.9. The third-order valence-electron chi connectivity index (χ3n) is 6.51. The molecule has 5 rings (SSSR count). The lowest BCUT2D eigenvalue weighted by atomic mass is 10.4. The molecule has 1 aliphatic heterocycles. The monoisotopic (exact) mass is 646 g/mol. The Morgan fingerprint density at radius 2 is 0.909 bits per heavy atom. The van der Waals surface area contributed by atoms with Crippen molar-refractivity contribution < 1.29 is 0 Å². The van der Waals surface area contributed by atoms with Gasteiger partial charge in [-0.05, 0) is 54.0 Å². The van der Waals surface area contributed by atoms with Crippen LogP contribution in [0.2, 0.25) is 39.3 Å². The van der Waals surface area contributed by atoms with Crippen molar-refractivity contribution in [2.24, 2.45) is 0 Å². The number of benzene rings is 2. The zero-order valence-corrected chi connectivity index (χ0v) is 27.7. The minimum Gasteiger partial charge on any atom is -0.144 e. The summed E-state index contributed by atoms with van der Waals surface area (Å²) in [4.78, 5) is 3.13. The van der Waals surface area contributed by atoms with Crippen LogP contribution in [-0.4, -0.2) is 24.2 Å². The van der Waals surface area contributed by atoms with E-state index in [0.717, 1.165) is 8.95 Å². The van der Waals surface area contributed by atoms with Gasteiger partial charge in [0.2, 0.25) is 0 Å². The van der Waals surface area contributed by atoms with E-state index in [9.17, 15) is 0 Å². The van der Waals surface area contributed by atoms with Gasteiger partial charge in [-0.3, -0.25) is 0 Å². The minimum atomic E-state index is -2.36. The zero-order chi connectivity index (χ0) is 23.8. The van der Waals surface area contributed by atoms with E-state index in [2.05, 4.69) is 154 Å². The number of hydrogen-bond acceptors (Lipinski definition) is 2. The summed E-state index contributed by atoms with van der Waals surface area (Å²) >= 11 is 11.6. The third kappa shape index (κ3) is 3.92. The molecule has 0 nitrogen and oxygen atoms in total. The summed E-state index contributed by atoms with van der Waals surface area (Å²) in [6, 6.07) is 23.7. The summed E-state index contributed by atoms with van der Waals surface area (Å²) in [5.41, 5.74) is 0. The van der Waals surface area contributed by atoms with Crippen LogP contribution >= 0.6 is 54.5 Å². The Kier molecular flexibility index (Phi) is 6.04. The Bertz CT molecular complexity index is 1230. The molecule has 0 atom stereocenters. The summed E-state index contributed by atoms with van der Waals surface area (Å²) < 4.78 is 5.55. The molecule has 4 aromatic rings. The van der Waals surface area contributed by atoms with Crippen molar-refractivity contribution in [3.8, 4) is 9.75 Å². The second kappa shape index (κ2) is 8.25. The van der Waals surface area contributed by atoms with E-state index >= 15 is 0 Å². The van der Waals surface area contributed by atoms with Crippen molar-refractivity contribution >= 4 is 109 Å². The average molecular weight is 649 g/mol. The molecule has 0 spiro atoms. The van der Waals surface area contributed by atoms with Gasteiger partial charge < -0.3 is 0 Å². The van der Waals surface area contributed by atoms with Crippen LogP contribution in [0.4, 0.5) is 0 Å². The van der Waals surface area contributed by atoms with E-state index in [0.29, 0.717) is 0 Å². The molecule has 0 unspecified atom stereocenters. The summed E-state index contributed by atoms with van der Waals surface area (Å²) in [5, 5.41) is 6.23. The van der Waals surface area contributed by atoms with Crippen molar-refractivity contribution in [3.05, 3.63) is 69.6 Å². The van der Waals surface area contributed by atoms with Crippen LogP contribution in [0.1, 0.15) is 0 Å². The molecule has 2 aromatic carbocycles. The topological polar surface area (TPSA) is 0 Å². The van der Waals surface area contributed by atoms with Crippen LogP contribution < -0.4 is 29.7 Å². The highest BCUT2D eigenvalue weighted by molar-refractivity contribution is 9.10. The highest BCUT2D eigenvalue weighted by Crippen LogP contribution is 2.36. The summed E-state index contributed by atoms with van der Waals surface area (Å²) in [7, 11) is -5.21. The van der Waals surface area contributed by atoms with E-state index in [4.69, 9.17) is 0 Å². The van der Waals surface area contributed by atoms with Crippen molar-refractivity contribution in [1.29, 1.82) is 0 Å². The van der Waals surface area contributed by atoms with Gasteiger partial charge in [-0.1, -0.05) is 108 Å². The van der Waals surface area contributed by atoms with Gasteiger partial charge in [0, 0.05) is 18.7 Å². The zero-order valence-electron chi connectivity index (χ0n) is 19.8. The van der Waals surface area contributed by atoms with Gasteiger partial charge in [0.25, 0.3) is 0 Å². The Labute approximate surface area is 225 Å². The Balaban J connectivity index is 1.93. The summed E-state index contributed by atoms with van der Waals surface area (Å²) in [6.45, 7) is 14.9. The fourth-order valence-electron chi connectivity index (χ4n) is 4.75. The van der Waals surface area contributed by atoms with Crippen LogP contribution in [0, 0.1) is 0 Å². The van der Waals surface area contributed by atoms with E-state index in [1.165, 1.54) is 10.4 Å². The van der Waals surface area contributed by atoms with Crippen LogP contribution in [0.25, 0.3) is 9.75 Å². The predicted octanol–water partition coefficient (Wildman–Crippen LogP) is 5.78. The first kappa shape index (κ1) is 24.2. The molecule has 0 saturated heterocycles. The molecule has 170 valence electrons. The molecule has 0 saturated carbocycles. The molecule has 0 amide bonds. The summed E-state index contributed by atoms with van der Waals surface area (Å²) in [5.74, 6) is 0. The van der Waals surface area contributed by atoms with Crippen LogP contribution in [0.3, 0.4) is 0 Å². The molecule has 1 aliphatic rings. The number of rotatable bonds is 4. The molecular formula is C26H28Br2S2Si3. The summed E-state index contributed by atoms with van der Waals surface area (Å²) in [6.07, 6.45) is 0. The van der Waals surface area contributed by atoms with Crippen molar-refractivity contribution in [3.63, 3.8) is 0 Å². The molecule has 0 N–H and O–H groups in total. The highest BCUT2D eigenvalue weighted by Gasteiger charge is 2.52. The maximum atomic E-state index is 3.69. The van der Waals surface area contributed by atoms with Crippen LogP contribution in [-0.2, 0) is 0 Å². The normalized spacial score (nSPS) is 14.9. The number of hydrogen-bond donors (Lipinski definition) is 0. The first-order valence-electron chi connectivity index (χ1n) is 11.2. The molecule has 33 heavy (non-hydrogen) atoms. The van der Waals surface area contributed by atoms with Gasteiger partial charge in [-0.25, -0.2) is 0 Å². The second-order valence-electron chi connectivity index (χ2n) is 11.0. The van der Waals surface area contributed by atoms with Crippen LogP contribution in [0.15, 0.2) is 69.6 Å². The molecule has 2 aromatic heterocycles. The average Bonchev–Trinajstić information content (AvgIpc) is 3.40. The van der Waals surface area contributed by atoms with E-state index < -0.39 is 24.2 Å². The lowest BCUT2D eigenvalue weighted by Crippen LogP contribution is -2.73. The van der Waals surface area contributed by atoms with E-state index in [-0.39, 0.29) is 0 Å². The second-order valence-corrected chi connectivity index (χ2v) is 29.4. The van der Waals surface area contributed by atoms with E-state index in [1.807, 2.05) is 0 Å². The largest absolute Gasteiger partial charge is 0.182 e. The van der Waals surface area contributed by atoms with Gasteiger partial charge in [-0.15, -0.1) is 22.7 Å². The first-order valence-corrected chi connectivity index (χ1v) is 23.5. The molecule has 0 bridgehead atoms. The fraction of sp³-hybridized carbons (Fsp3) is 0.231. The minimum absolute atomic E-state index is 1.14. The number of thiophene rings is 2. The number of halogens is 2. The Hall–Kier alpha value is -0.549. The van der Waals surface area contributed by atoms with Gasteiger partial charge in [0.15, 0.2) is 8.07 Å². The van der Waals surface area contributed by atoms with Crippen molar-refractivity contribution in [1.82, 2.24) is 0 Å². The SMILES string of the molecule is C[Si](C)(C)c1cc2c(s1)-c1sc([Si](C)(C)C)cc1[Si]2(c1ccc(Br)cc1)c1ccc(Br)cc1. The van der Waals surface area contributed by atoms with E-state index in [1.54, 1.807) is 29.1 Å². The quantitative estimate of drug-likeness (QED) is 0.217. The standard InChI is InChI=1S/C26H28Br2S2Si3/c1-31(2,3)23-15-21-25(29-23)26-22(16-24(30-26)32(4,5)6)33(21,19-11-7-17(27)8-12-19)20-13-9-18(28)10-14-20/h7-16H,1-6H3. The fourth-order valence-corrected chi connectivity index (χ4v) is 18.0. The maximum absolute atomic E-state index is 3.69. The first-order chi connectivity index (χ1) is 15.4. The molecule has 0 fully saturated rings. The van der Waals surface area contributed by atoms with Gasteiger partial charge in [0.05, 0.1) is 16.1 Å². The lowest BCUT2D eigenvalue weighted by molar-refractivity contribution is 1.66. The molecular weight excluding hydrogens is 620 g/mol. The Morgan fingerprint density at radius 1 is 0.576 bits per heavy atom.